The number of hydrogen-bond donors (Lipinski definition) is 0. The first kappa shape index (κ1) is 6.64. The van der Waals surface area contributed by atoms with Crippen molar-refractivity contribution in [3.63, 3.8) is 0 Å². The molecule has 0 nitrogen and oxygen atoms in total. The Morgan fingerprint density at radius 3 is 2.75 bits per heavy atom. The molecule has 0 saturated carbocycles. The van der Waals surface area contributed by atoms with Gasteiger partial charge in [0.2, 0.25) is 0 Å². The van der Waals surface area contributed by atoms with E-state index in [2.05, 4.69) is 6.92 Å². The van der Waals surface area contributed by atoms with Crippen molar-refractivity contribution in [3.8, 4) is 0 Å². The van der Waals surface area contributed by atoms with Gasteiger partial charge in [0, 0.05) is 12.8 Å². The molecule has 0 amide bonds. The van der Waals surface area contributed by atoms with Gasteiger partial charge in [-0.05, 0) is 13.2 Å². The molecule has 1 aliphatic rings. The predicted molar refractivity (Wildman–Crippen MR) is 43.7 cm³/mol. The zero-order valence-corrected chi connectivity index (χ0v) is 6.89. The lowest BCUT2D eigenvalue weighted by Crippen LogP contribution is -1.85. The third-order valence-electron chi connectivity index (χ3n) is 1.59. The van der Waals surface area contributed by atoms with E-state index in [1.807, 2.05) is 0 Å². The standard InChI is InChI=1S/C6H11PS/c1-2-6-4-3-5-7(6)8/h2-5H2,1H3. The molecule has 0 aromatic carbocycles. The van der Waals surface area contributed by atoms with Crippen molar-refractivity contribution in [2.24, 2.45) is 0 Å². The lowest BCUT2D eigenvalue weighted by atomic mass is 10.2. The van der Waals surface area contributed by atoms with Crippen molar-refractivity contribution in [3.05, 3.63) is 0 Å². The summed E-state index contributed by atoms with van der Waals surface area (Å²) < 4.78 is 0. The summed E-state index contributed by atoms with van der Waals surface area (Å²) >= 11 is 5.25. The molecule has 1 rings (SSSR count). The molecule has 0 aliphatic carbocycles. The van der Waals surface area contributed by atoms with Crippen LogP contribution in [-0.4, -0.2) is 11.5 Å². The molecule has 0 bridgehead atoms. The molecule has 0 fully saturated rings. The maximum Gasteiger partial charge on any atom is 0.0858 e. The molecule has 0 radical (unpaired) electrons. The predicted octanol–water partition coefficient (Wildman–Crippen LogP) is 2.31. The van der Waals surface area contributed by atoms with E-state index in [0.717, 1.165) is 0 Å². The molecule has 0 saturated heterocycles. The summed E-state index contributed by atoms with van der Waals surface area (Å²) in [5, 5.41) is 1.68. The van der Waals surface area contributed by atoms with Crippen LogP contribution in [0.1, 0.15) is 26.2 Å². The highest BCUT2D eigenvalue weighted by Crippen LogP contribution is 2.32. The van der Waals surface area contributed by atoms with Crippen molar-refractivity contribution < 1.29 is 0 Å². The van der Waals surface area contributed by atoms with Gasteiger partial charge in [0.25, 0.3) is 0 Å². The van der Waals surface area contributed by atoms with E-state index in [-0.39, 0.29) is 6.75 Å². The molecule has 0 spiro atoms. The fraction of sp³-hybridized carbons (Fsp3) is 0.833. The van der Waals surface area contributed by atoms with Crippen molar-refractivity contribution in [1.82, 2.24) is 0 Å². The molecule has 46 valence electrons. The number of rotatable bonds is 1. The van der Waals surface area contributed by atoms with Crippen LogP contribution in [0, 0.1) is 0 Å². The van der Waals surface area contributed by atoms with Gasteiger partial charge in [0.05, 0.1) is 11.5 Å². The van der Waals surface area contributed by atoms with Crippen LogP contribution in [0.3, 0.4) is 0 Å². The smallest absolute Gasteiger partial charge is 0.0858 e. The molecule has 0 N–H and O–H groups in total. The van der Waals surface area contributed by atoms with Gasteiger partial charge in [-0.1, -0.05) is 6.92 Å². The van der Waals surface area contributed by atoms with Crippen molar-refractivity contribution >= 4 is 24.3 Å². The number of hydrogen-bond acceptors (Lipinski definition) is 1. The zero-order valence-electron chi connectivity index (χ0n) is 5.18. The second kappa shape index (κ2) is 2.89. The monoisotopic (exact) mass is 146 g/mol. The van der Waals surface area contributed by atoms with Gasteiger partial charge in [-0.2, -0.15) is 0 Å². The Morgan fingerprint density at radius 1 is 1.75 bits per heavy atom. The van der Waals surface area contributed by atoms with Crippen LogP contribution in [0.4, 0.5) is 0 Å². The maximum absolute atomic E-state index is 5.25. The van der Waals surface area contributed by atoms with Gasteiger partial charge < -0.3 is 12.2 Å². The highest BCUT2D eigenvalue weighted by molar-refractivity contribution is 8.32. The second-order valence-corrected chi connectivity index (χ2v) is 5.28. The van der Waals surface area contributed by atoms with Crippen molar-refractivity contribution in [1.29, 1.82) is 0 Å². The van der Waals surface area contributed by atoms with Crippen LogP contribution in [0.5, 0.6) is 0 Å². The molecule has 1 unspecified atom stereocenters. The second-order valence-electron chi connectivity index (χ2n) is 2.13. The Hall–Kier alpha value is 0.520. The minimum absolute atomic E-state index is 0.0285. The molecule has 1 heterocycles. The average Bonchev–Trinajstić information content (AvgIpc) is 2.14. The largest absolute Gasteiger partial charge is 0.493 e. The molecule has 0 aromatic rings. The molecule has 2 heteroatoms. The van der Waals surface area contributed by atoms with E-state index in [9.17, 15) is 0 Å². The average molecular weight is 146 g/mol. The van der Waals surface area contributed by atoms with E-state index in [1.54, 1.807) is 5.29 Å². The minimum Gasteiger partial charge on any atom is -0.493 e. The van der Waals surface area contributed by atoms with Gasteiger partial charge >= 0.3 is 0 Å². The van der Waals surface area contributed by atoms with Crippen LogP contribution in [-0.2, 0) is 12.2 Å². The van der Waals surface area contributed by atoms with E-state index in [0.29, 0.717) is 0 Å². The summed E-state index contributed by atoms with van der Waals surface area (Å²) in [6, 6.07) is 0. The van der Waals surface area contributed by atoms with Crippen molar-refractivity contribution in [2.75, 3.05) is 6.16 Å². The molecule has 8 heavy (non-hydrogen) atoms. The summed E-state index contributed by atoms with van der Waals surface area (Å²) in [5.41, 5.74) is 0. The maximum atomic E-state index is 5.25. The topological polar surface area (TPSA) is 0 Å². The molecule has 0 aromatic heterocycles. The fourth-order valence-electron chi connectivity index (χ4n) is 1.06. The first-order valence-corrected chi connectivity index (χ1v) is 5.68. The van der Waals surface area contributed by atoms with Gasteiger partial charge in [0.1, 0.15) is 0 Å². The SMILES string of the molecule is CCC1=[P+]([S-])CCC1. The summed E-state index contributed by atoms with van der Waals surface area (Å²) in [5.74, 6) is 0. The van der Waals surface area contributed by atoms with Crippen LogP contribution >= 0.6 is 6.75 Å². The summed E-state index contributed by atoms with van der Waals surface area (Å²) in [7, 11) is 0. The van der Waals surface area contributed by atoms with Gasteiger partial charge in [-0.25, -0.2) is 0 Å². The van der Waals surface area contributed by atoms with E-state index in [4.69, 9.17) is 12.2 Å². The fourth-order valence-corrected chi connectivity index (χ4v) is 3.63. The summed E-state index contributed by atoms with van der Waals surface area (Å²) in [6.45, 7) is 2.20. The van der Waals surface area contributed by atoms with Crippen molar-refractivity contribution in [2.45, 2.75) is 26.2 Å². The molecule has 1 atom stereocenters. The van der Waals surface area contributed by atoms with Gasteiger partial charge in [-0.15, -0.1) is 0 Å². The summed E-state index contributed by atoms with van der Waals surface area (Å²) in [4.78, 5) is 0. The van der Waals surface area contributed by atoms with Crippen LogP contribution in [0.2, 0.25) is 0 Å². The Balaban J connectivity index is 2.58. The van der Waals surface area contributed by atoms with Crippen LogP contribution in [0.25, 0.3) is 0 Å². The van der Waals surface area contributed by atoms with Crippen LogP contribution in [0.15, 0.2) is 0 Å². The van der Waals surface area contributed by atoms with E-state index < -0.39 is 0 Å². The van der Waals surface area contributed by atoms with E-state index in [1.165, 1.54) is 25.4 Å². The third-order valence-corrected chi connectivity index (χ3v) is 4.88. The van der Waals surface area contributed by atoms with Gasteiger partial charge in [-0.3, -0.25) is 0 Å². The lowest BCUT2D eigenvalue weighted by molar-refractivity contribution is 1.02. The minimum atomic E-state index is -0.0285. The third kappa shape index (κ3) is 1.27. The lowest BCUT2D eigenvalue weighted by Gasteiger charge is -1.91. The highest BCUT2D eigenvalue weighted by Gasteiger charge is 2.12. The Labute approximate surface area is 57.2 Å². The Morgan fingerprint density at radius 2 is 2.50 bits per heavy atom. The first-order valence-electron chi connectivity index (χ1n) is 3.14. The Bertz CT molecular complexity index is 118. The molecular weight excluding hydrogens is 135 g/mol. The normalized spacial score (nSPS) is 24.8. The van der Waals surface area contributed by atoms with Crippen LogP contribution < -0.4 is 0 Å². The Kier molecular flexibility index (Phi) is 2.40. The summed E-state index contributed by atoms with van der Waals surface area (Å²) in [6.07, 6.45) is 5.28. The zero-order chi connectivity index (χ0) is 5.98. The quantitative estimate of drug-likeness (QED) is 0.404. The van der Waals surface area contributed by atoms with Gasteiger partial charge in [0.15, 0.2) is 0 Å². The highest BCUT2D eigenvalue weighted by atomic mass is 32.7. The van der Waals surface area contributed by atoms with E-state index >= 15 is 0 Å². The molecule has 1 aliphatic heterocycles. The first-order chi connectivity index (χ1) is 3.84. The molecular formula is C6H11PS.